The summed E-state index contributed by atoms with van der Waals surface area (Å²) in [4.78, 5) is 15.8. The standard InChI is InChI=1S/C19H20N2O3S2/c1-25-15-5-3-14(4-6-15)20-19(22)21-8-11-26-18(21)13-2-7-16-17(12-13)24-10-9-23-16/h2-7,12,18H,8-11H2,1H3,(H,20,22)/t18-/m0/s1. The Morgan fingerprint density at radius 1 is 1.15 bits per heavy atom. The molecule has 5 nitrogen and oxygen atoms in total. The normalized spacial score (nSPS) is 18.7. The number of rotatable bonds is 3. The van der Waals surface area contributed by atoms with Crippen molar-refractivity contribution < 1.29 is 14.3 Å². The van der Waals surface area contributed by atoms with Gasteiger partial charge in [-0.3, -0.25) is 0 Å². The number of benzene rings is 2. The quantitative estimate of drug-likeness (QED) is 0.787. The van der Waals surface area contributed by atoms with Crippen LogP contribution < -0.4 is 14.8 Å². The Morgan fingerprint density at radius 3 is 2.69 bits per heavy atom. The molecular formula is C19H20N2O3S2. The summed E-state index contributed by atoms with van der Waals surface area (Å²) in [5.74, 6) is 2.44. The van der Waals surface area contributed by atoms with Crippen molar-refractivity contribution in [1.82, 2.24) is 4.90 Å². The van der Waals surface area contributed by atoms with Crippen molar-refractivity contribution in [2.45, 2.75) is 10.3 Å². The number of amides is 2. The van der Waals surface area contributed by atoms with Gasteiger partial charge in [0.15, 0.2) is 11.5 Å². The van der Waals surface area contributed by atoms with Crippen LogP contribution in [0, 0.1) is 0 Å². The maximum atomic E-state index is 12.8. The fourth-order valence-corrected chi connectivity index (χ4v) is 4.69. The minimum absolute atomic E-state index is 0.0173. The van der Waals surface area contributed by atoms with Crippen molar-refractivity contribution in [3.8, 4) is 11.5 Å². The van der Waals surface area contributed by atoms with Gasteiger partial charge in [-0.15, -0.1) is 23.5 Å². The van der Waals surface area contributed by atoms with Crippen LogP contribution in [0.5, 0.6) is 11.5 Å². The third-order valence-corrected chi connectivity index (χ3v) is 6.35. The Labute approximate surface area is 161 Å². The lowest BCUT2D eigenvalue weighted by Gasteiger charge is -2.26. The molecule has 26 heavy (non-hydrogen) atoms. The Kier molecular flexibility index (Phi) is 5.17. The van der Waals surface area contributed by atoms with Crippen molar-refractivity contribution >= 4 is 35.2 Å². The van der Waals surface area contributed by atoms with E-state index in [-0.39, 0.29) is 11.4 Å². The molecule has 0 unspecified atom stereocenters. The second-order valence-corrected chi connectivity index (χ2v) is 8.05. The maximum absolute atomic E-state index is 12.8. The van der Waals surface area contributed by atoms with E-state index in [1.807, 2.05) is 53.6 Å². The number of hydrogen-bond donors (Lipinski definition) is 1. The van der Waals surface area contributed by atoms with E-state index in [1.54, 1.807) is 23.5 Å². The highest BCUT2D eigenvalue weighted by Crippen LogP contribution is 2.41. The van der Waals surface area contributed by atoms with Crippen LogP contribution in [0.2, 0.25) is 0 Å². The Bertz CT molecular complexity index is 798. The van der Waals surface area contributed by atoms with E-state index in [1.165, 1.54) is 4.90 Å². The number of thioether (sulfide) groups is 2. The summed E-state index contributed by atoms with van der Waals surface area (Å²) >= 11 is 3.45. The number of carbonyl (C=O) groups excluding carboxylic acids is 1. The third kappa shape index (κ3) is 3.59. The van der Waals surface area contributed by atoms with Gasteiger partial charge in [0, 0.05) is 22.9 Å². The average molecular weight is 389 g/mol. The molecule has 2 aliphatic heterocycles. The summed E-state index contributed by atoms with van der Waals surface area (Å²) in [5, 5.41) is 2.99. The lowest BCUT2D eigenvalue weighted by Crippen LogP contribution is -2.34. The smallest absolute Gasteiger partial charge is 0.323 e. The number of nitrogens with one attached hydrogen (secondary N) is 1. The molecule has 1 fully saturated rings. The second-order valence-electron chi connectivity index (χ2n) is 5.98. The highest BCUT2D eigenvalue weighted by molar-refractivity contribution is 7.99. The first-order chi connectivity index (χ1) is 12.7. The van der Waals surface area contributed by atoms with Crippen molar-refractivity contribution in [3.05, 3.63) is 48.0 Å². The molecule has 1 atom stereocenters. The number of anilines is 1. The van der Waals surface area contributed by atoms with Crippen molar-refractivity contribution in [2.24, 2.45) is 0 Å². The predicted molar refractivity (Wildman–Crippen MR) is 107 cm³/mol. The van der Waals surface area contributed by atoms with Gasteiger partial charge in [-0.2, -0.15) is 0 Å². The summed E-state index contributed by atoms with van der Waals surface area (Å²) in [6.07, 6.45) is 2.03. The number of hydrogen-bond acceptors (Lipinski definition) is 5. The van der Waals surface area contributed by atoms with Crippen LogP contribution in [0.3, 0.4) is 0 Å². The molecule has 0 saturated carbocycles. The van der Waals surface area contributed by atoms with Crippen molar-refractivity contribution in [3.63, 3.8) is 0 Å². The Hall–Kier alpha value is -1.99. The topological polar surface area (TPSA) is 50.8 Å². The molecule has 2 aliphatic rings. The Balaban J connectivity index is 1.49. The second kappa shape index (κ2) is 7.72. The largest absolute Gasteiger partial charge is 0.486 e. The molecular weight excluding hydrogens is 368 g/mol. The van der Waals surface area contributed by atoms with Crippen LogP contribution >= 0.6 is 23.5 Å². The Morgan fingerprint density at radius 2 is 1.92 bits per heavy atom. The summed E-state index contributed by atoms with van der Waals surface area (Å²) in [6.45, 7) is 1.86. The van der Waals surface area contributed by atoms with E-state index in [4.69, 9.17) is 9.47 Å². The van der Waals surface area contributed by atoms with Crippen LogP contribution in [0.4, 0.5) is 10.5 Å². The highest BCUT2D eigenvalue weighted by Gasteiger charge is 2.31. The van der Waals surface area contributed by atoms with Gasteiger partial charge in [0.25, 0.3) is 0 Å². The molecule has 2 amide bonds. The van der Waals surface area contributed by atoms with E-state index in [9.17, 15) is 4.79 Å². The zero-order chi connectivity index (χ0) is 17.9. The zero-order valence-corrected chi connectivity index (χ0v) is 16.1. The van der Waals surface area contributed by atoms with Gasteiger partial charge in [0.1, 0.15) is 18.6 Å². The number of fused-ring (bicyclic) bond motifs is 1. The van der Waals surface area contributed by atoms with Gasteiger partial charge in [-0.25, -0.2) is 4.79 Å². The summed E-state index contributed by atoms with van der Waals surface area (Å²) in [6, 6.07) is 13.8. The lowest BCUT2D eigenvalue weighted by atomic mass is 10.1. The molecule has 1 N–H and O–H groups in total. The van der Waals surface area contributed by atoms with Gasteiger partial charge in [-0.05, 0) is 48.2 Å². The SMILES string of the molecule is CSc1ccc(NC(=O)N2CCS[C@H]2c2ccc3c(c2)OCCO3)cc1. The molecule has 0 spiro atoms. The summed E-state index contributed by atoms with van der Waals surface area (Å²) < 4.78 is 11.3. The van der Waals surface area contributed by atoms with Crippen molar-refractivity contribution in [1.29, 1.82) is 0 Å². The minimum atomic E-state index is -0.0770. The highest BCUT2D eigenvalue weighted by atomic mass is 32.2. The maximum Gasteiger partial charge on any atom is 0.323 e. The van der Waals surface area contributed by atoms with E-state index in [0.29, 0.717) is 13.2 Å². The van der Waals surface area contributed by atoms with Gasteiger partial charge >= 0.3 is 6.03 Å². The molecule has 0 aromatic heterocycles. The van der Waals surface area contributed by atoms with Crippen LogP contribution in [0.15, 0.2) is 47.4 Å². The fourth-order valence-electron chi connectivity index (χ4n) is 3.04. The number of carbonyl (C=O) groups is 1. The molecule has 136 valence electrons. The minimum Gasteiger partial charge on any atom is -0.486 e. The van der Waals surface area contributed by atoms with Crippen LogP contribution in [-0.4, -0.2) is 42.7 Å². The van der Waals surface area contributed by atoms with Gasteiger partial charge in [-0.1, -0.05) is 6.07 Å². The first-order valence-corrected chi connectivity index (χ1v) is 10.7. The van der Waals surface area contributed by atoms with Crippen molar-refractivity contribution in [2.75, 3.05) is 37.1 Å². The van der Waals surface area contributed by atoms with E-state index in [2.05, 4.69) is 5.32 Å². The molecule has 0 bridgehead atoms. The number of urea groups is 1. The lowest BCUT2D eigenvalue weighted by molar-refractivity contribution is 0.171. The molecule has 4 rings (SSSR count). The first-order valence-electron chi connectivity index (χ1n) is 8.47. The van der Waals surface area contributed by atoms with E-state index >= 15 is 0 Å². The molecule has 7 heteroatoms. The van der Waals surface area contributed by atoms with Gasteiger partial charge in [0.05, 0.1) is 0 Å². The fraction of sp³-hybridized carbons (Fsp3) is 0.316. The molecule has 0 aliphatic carbocycles. The van der Waals surface area contributed by atoms with Gasteiger partial charge in [0.2, 0.25) is 0 Å². The first kappa shape index (κ1) is 17.4. The van der Waals surface area contributed by atoms with Crippen LogP contribution in [-0.2, 0) is 0 Å². The number of nitrogens with zero attached hydrogens (tertiary/aromatic N) is 1. The van der Waals surface area contributed by atoms with Crippen LogP contribution in [0.1, 0.15) is 10.9 Å². The van der Waals surface area contributed by atoms with E-state index < -0.39 is 0 Å². The molecule has 2 aromatic rings. The summed E-state index contributed by atoms with van der Waals surface area (Å²) in [5.41, 5.74) is 1.87. The predicted octanol–water partition coefficient (Wildman–Crippen LogP) is 4.46. The number of ether oxygens (including phenoxy) is 2. The van der Waals surface area contributed by atoms with Gasteiger partial charge < -0.3 is 19.7 Å². The molecule has 1 saturated heterocycles. The molecule has 2 heterocycles. The molecule has 0 radical (unpaired) electrons. The zero-order valence-electron chi connectivity index (χ0n) is 14.4. The third-order valence-electron chi connectivity index (χ3n) is 4.34. The average Bonchev–Trinajstić information content (AvgIpc) is 3.18. The molecule has 2 aromatic carbocycles. The summed E-state index contributed by atoms with van der Waals surface area (Å²) in [7, 11) is 0. The monoisotopic (exact) mass is 388 g/mol. The van der Waals surface area contributed by atoms with Crippen LogP contribution in [0.25, 0.3) is 0 Å². The van der Waals surface area contributed by atoms with E-state index in [0.717, 1.165) is 35.0 Å².